The lowest BCUT2D eigenvalue weighted by Gasteiger charge is -2.29. The zero-order valence-corrected chi connectivity index (χ0v) is 20.5. The highest BCUT2D eigenvalue weighted by Gasteiger charge is 2.26. The molecule has 2 atom stereocenters. The Morgan fingerprint density at radius 3 is 2.13 bits per heavy atom. The highest BCUT2D eigenvalue weighted by atomic mass is 32.2. The summed E-state index contributed by atoms with van der Waals surface area (Å²) in [7, 11) is 0. The predicted molar refractivity (Wildman–Crippen MR) is 131 cm³/mol. The minimum Gasteiger partial charge on any atom is -0.352 e. The van der Waals surface area contributed by atoms with Gasteiger partial charge in [-0.2, -0.15) is 0 Å². The van der Waals surface area contributed by atoms with Gasteiger partial charge in [0.1, 0.15) is 6.04 Å². The number of carbonyl (C=O) groups is 2. The Bertz CT molecular complexity index is 859. The monoisotopic (exact) mass is 440 g/mol. The van der Waals surface area contributed by atoms with Gasteiger partial charge in [-0.05, 0) is 52.2 Å². The van der Waals surface area contributed by atoms with Crippen LogP contribution < -0.4 is 5.32 Å². The molecule has 0 saturated heterocycles. The van der Waals surface area contributed by atoms with Crippen molar-refractivity contribution in [3.05, 3.63) is 70.3 Å². The molecule has 0 heterocycles. The molecule has 2 aromatic rings. The quantitative estimate of drug-likeness (QED) is 0.554. The zero-order chi connectivity index (χ0) is 23.0. The second-order valence-electron chi connectivity index (χ2n) is 8.49. The Balaban J connectivity index is 2.08. The van der Waals surface area contributed by atoms with Crippen molar-refractivity contribution in [2.24, 2.45) is 0 Å². The second kappa shape index (κ2) is 11.9. The van der Waals surface area contributed by atoms with Gasteiger partial charge in [0.25, 0.3) is 0 Å². The van der Waals surface area contributed by atoms with Gasteiger partial charge in [-0.25, -0.2) is 0 Å². The number of nitrogens with zero attached hydrogens (tertiary/aromatic N) is 1. The molecule has 31 heavy (non-hydrogen) atoms. The first-order valence-electron chi connectivity index (χ1n) is 11.0. The fourth-order valence-electron chi connectivity index (χ4n) is 3.43. The summed E-state index contributed by atoms with van der Waals surface area (Å²) >= 11 is 1.60. The number of nitrogens with one attached hydrogen (secondary N) is 1. The lowest BCUT2D eigenvalue weighted by molar-refractivity contribution is -0.138. The van der Waals surface area contributed by atoms with Crippen LogP contribution in [0, 0.1) is 20.8 Å². The van der Waals surface area contributed by atoms with Crippen LogP contribution in [0.2, 0.25) is 0 Å². The fraction of sp³-hybridized carbons (Fsp3) is 0.462. The number of aryl methyl sites for hydroxylation is 3. The van der Waals surface area contributed by atoms with Crippen molar-refractivity contribution < 1.29 is 9.59 Å². The number of carbonyl (C=O) groups excluding carboxylic acids is 2. The van der Waals surface area contributed by atoms with E-state index in [-0.39, 0.29) is 17.9 Å². The molecule has 0 bridgehead atoms. The first-order chi connectivity index (χ1) is 14.7. The van der Waals surface area contributed by atoms with Gasteiger partial charge >= 0.3 is 0 Å². The third-order valence-corrected chi connectivity index (χ3v) is 6.41. The SMILES string of the molecule is CC[C@H](C)NC(=O)[C@@H](C)N(Cc1ccc(C)cc1)C(=O)CSCc1cc(C)cc(C)c1. The molecule has 2 amide bonds. The molecule has 0 aliphatic heterocycles. The van der Waals surface area contributed by atoms with Gasteiger partial charge in [-0.1, -0.05) is 66.1 Å². The van der Waals surface area contributed by atoms with Crippen molar-refractivity contribution in [2.75, 3.05) is 5.75 Å². The first kappa shape index (κ1) is 25.0. The molecule has 0 aliphatic rings. The maximum Gasteiger partial charge on any atom is 0.242 e. The summed E-state index contributed by atoms with van der Waals surface area (Å²) in [6.45, 7) is 12.5. The summed E-state index contributed by atoms with van der Waals surface area (Å²) in [5, 5.41) is 3.01. The van der Waals surface area contributed by atoms with Crippen LogP contribution in [0.25, 0.3) is 0 Å². The number of amides is 2. The Labute approximate surface area is 191 Å². The Hall–Kier alpha value is -2.27. The Morgan fingerprint density at radius 2 is 1.55 bits per heavy atom. The minimum absolute atomic E-state index is 0.0123. The minimum atomic E-state index is -0.524. The number of hydrogen-bond acceptors (Lipinski definition) is 3. The Kier molecular flexibility index (Phi) is 9.63. The van der Waals surface area contributed by atoms with Gasteiger partial charge in [0.2, 0.25) is 11.8 Å². The van der Waals surface area contributed by atoms with Crippen molar-refractivity contribution in [1.29, 1.82) is 0 Å². The summed E-state index contributed by atoms with van der Waals surface area (Å²) in [5.41, 5.74) is 5.90. The first-order valence-corrected chi connectivity index (χ1v) is 12.1. The lowest BCUT2D eigenvalue weighted by Crippen LogP contribution is -2.50. The normalized spacial score (nSPS) is 12.8. The van der Waals surface area contributed by atoms with Gasteiger partial charge in [0.05, 0.1) is 5.75 Å². The largest absolute Gasteiger partial charge is 0.352 e. The number of rotatable bonds is 10. The van der Waals surface area contributed by atoms with E-state index in [0.717, 1.165) is 17.7 Å². The molecule has 0 aliphatic carbocycles. The van der Waals surface area contributed by atoms with Crippen molar-refractivity contribution >= 4 is 23.6 Å². The average Bonchev–Trinajstić information content (AvgIpc) is 2.71. The van der Waals surface area contributed by atoms with E-state index in [1.54, 1.807) is 16.7 Å². The summed E-state index contributed by atoms with van der Waals surface area (Å²) < 4.78 is 0. The molecule has 5 heteroatoms. The summed E-state index contributed by atoms with van der Waals surface area (Å²) in [6, 6.07) is 14.2. The van der Waals surface area contributed by atoms with E-state index in [1.807, 2.05) is 52.0 Å². The van der Waals surface area contributed by atoms with Crippen molar-refractivity contribution in [1.82, 2.24) is 10.2 Å². The molecular weight excluding hydrogens is 404 g/mol. The predicted octanol–water partition coefficient (Wildman–Crippen LogP) is 5.18. The van der Waals surface area contributed by atoms with E-state index in [0.29, 0.717) is 12.3 Å². The average molecular weight is 441 g/mol. The van der Waals surface area contributed by atoms with Crippen molar-refractivity contribution in [3.8, 4) is 0 Å². The van der Waals surface area contributed by atoms with Crippen LogP contribution in [0.3, 0.4) is 0 Å². The molecule has 168 valence electrons. The molecule has 0 spiro atoms. The second-order valence-corrected chi connectivity index (χ2v) is 9.48. The molecule has 0 unspecified atom stereocenters. The van der Waals surface area contributed by atoms with Gasteiger partial charge < -0.3 is 10.2 Å². The summed E-state index contributed by atoms with van der Waals surface area (Å²) in [6.07, 6.45) is 0.857. The van der Waals surface area contributed by atoms with Gasteiger partial charge in [0, 0.05) is 18.3 Å². The smallest absolute Gasteiger partial charge is 0.242 e. The standard InChI is InChI=1S/C26H36N2O2S/c1-7-21(5)27-26(30)22(6)28(15-23-10-8-18(2)9-11-23)25(29)17-31-16-24-13-19(3)12-20(4)14-24/h8-14,21-22H,7,15-17H2,1-6H3,(H,27,30)/t21-,22+/m0/s1. The highest BCUT2D eigenvalue weighted by Crippen LogP contribution is 2.18. The van der Waals surface area contributed by atoms with E-state index in [4.69, 9.17) is 0 Å². The van der Waals surface area contributed by atoms with Crippen LogP contribution in [-0.2, 0) is 21.9 Å². The third kappa shape index (κ3) is 8.06. The van der Waals surface area contributed by atoms with Crippen LogP contribution in [0.5, 0.6) is 0 Å². The topological polar surface area (TPSA) is 49.4 Å². The Morgan fingerprint density at radius 1 is 0.935 bits per heavy atom. The third-order valence-electron chi connectivity index (χ3n) is 5.42. The van der Waals surface area contributed by atoms with E-state index in [2.05, 4.69) is 37.4 Å². The van der Waals surface area contributed by atoms with Gasteiger partial charge in [-0.3, -0.25) is 9.59 Å². The zero-order valence-electron chi connectivity index (χ0n) is 19.7. The van der Waals surface area contributed by atoms with Crippen LogP contribution in [0.15, 0.2) is 42.5 Å². The molecule has 0 fully saturated rings. The maximum absolute atomic E-state index is 13.2. The van der Waals surface area contributed by atoms with E-state index < -0.39 is 6.04 Å². The van der Waals surface area contributed by atoms with Gasteiger partial charge in [0.15, 0.2) is 0 Å². The molecule has 1 N–H and O–H groups in total. The molecule has 0 aromatic heterocycles. The summed E-state index contributed by atoms with van der Waals surface area (Å²) in [4.78, 5) is 27.6. The molecule has 4 nitrogen and oxygen atoms in total. The molecule has 2 rings (SSSR count). The summed E-state index contributed by atoms with van der Waals surface area (Å²) in [5.74, 6) is 1.01. The lowest BCUT2D eigenvalue weighted by atomic mass is 10.1. The van der Waals surface area contributed by atoms with Crippen molar-refractivity contribution in [2.45, 2.75) is 72.3 Å². The van der Waals surface area contributed by atoms with Crippen LogP contribution in [0.1, 0.15) is 55.0 Å². The van der Waals surface area contributed by atoms with E-state index in [1.165, 1.54) is 22.3 Å². The van der Waals surface area contributed by atoms with Crippen LogP contribution in [-0.4, -0.2) is 34.6 Å². The fourth-order valence-corrected chi connectivity index (χ4v) is 4.27. The molecule has 0 saturated carbocycles. The number of hydrogen-bond donors (Lipinski definition) is 1. The van der Waals surface area contributed by atoms with E-state index in [9.17, 15) is 9.59 Å². The highest BCUT2D eigenvalue weighted by molar-refractivity contribution is 7.99. The molecule has 0 radical (unpaired) electrons. The molecular formula is C26H36N2O2S. The van der Waals surface area contributed by atoms with E-state index >= 15 is 0 Å². The van der Waals surface area contributed by atoms with Crippen molar-refractivity contribution in [3.63, 3.8) is 0 Å². The molecule has 2 aromatic carbocycles. The van der Waals surface area contributed by atoms with Gasteiger partial charge in [-0.15, -0.1) is 11.8 Å². The number of thioether (sulfide) groups is 1. The maximum atomic E-state index is 13.2. The van der Waals surface area contributed by atoms with Crippen LogP contribution in [0.4, 0.5) is 0 Å². The number of benzene rings is 2. The van der Waals surface area contributed by atoms with Crippen LogP contribution >= 0.6 is 11.8 Å².